The molecule has 0 unspecified atom stereocenters. The molecular formula is C15H23Mg+. The summed E-state index contributed by atoms with van der Waals surface area (Å²) in [6, 6.07) is 4.63. The molecule has 1 aromatic rings. The van der Waals surface area contributed by atoms with E-state index in [1.807, 2.05) is 21.7 Å². The van der Waals surface area contributed by atoms with Crippen LogP contribution in [0.1, 0.15) is 76.0 Å². The molecule has 0 aliphatic rings. The first-order chi connectivity index (χ1) is 7.36. The van der Waals surface area contributed by atoms with E-state index in [2.05, 4.69) is 53.7 Å². The molecule has 0 aliphatic carbocycles. The molecule has 0 radical (unpaired) electrons. The Labute approximate surface area is 113 Å². The minimum absolute atomic E-state index is 0.624. The molecule has 0 aromatic heterocycles. The van der Waals surface area contributed by atoms with E-state index < -0.39 is 0 Å². The molecule has 1 heteroatoms. The van der Waals surface area contributed by atoms with Crippen LogP contribution in [0.5, 0.6) is 0 Å². The van der Waals surface area contributed by atoms with Crippen molar-refractivity contribution in [1.82, 2.24) is 0 Å². The van der Waals surface area contributed by atoms with Crippen LogP contribution in [-0.2, 0) is 0 Å². The number of rotatable bonds is 3. The molecule has 84 valence electrons. The molecule has 1 aromatic carbocycles. The molecule has 0 nitrogen and oxygen atoms in total. The summed E-state index contributed by atoms with van der Waals surface area (Å²) in [5, 5.41) is 0. The van der Waals surface area contributed by atoms with E-state index in [1.54, 1.807) is 11.1 Å². The predicted octanol–water partition coefficient (Wildman–Crippen LogP) is 3.85. The Hall–Kier alpha value is -0.0138. The summed E-state index contributed by atoms with van der Waals surface area (Å²) >= 11 is 2.03. The first kappa shape index (κ1) is 14.0. The van der Waals surface area contributed by atoms with Gasteiger partial charge in [-0.3, -0.25) is 0 Å². The third kappa shape index (κ3) is 2.81. The van der Waals surface area contributed by atoms with Crippen molar-refractivity contribution in [3.05, 3.63) is 28.8 Å². The SMILES string of the molecule is CC(C)c1cc[c]([Mg+])c(C(C)C)c1C(C)C. The third-order valence-electron chi connectivity index (χ3n) is 3.19. The molecule has 0 N–H and O–H groups in total. The van der Waals surface area contributed by atoms with Crippen molar-refractivity contribution in [3.8, 4) is 0 Å². The van der Waals surface area contributed by atoms with Crippen LogP contribution in [0.15, 0.2) is 12.1 Å². The van der Waals surface area contributed by atoms with Crippen molar-refractivity contribution < 1.29 is 0 Å². The van der Waals surface area contributed by atoms with Crippen molar-refractivity contribution in [1.29, 1.82) is 0 Å². The standard InChI is InChI=1S/C15H23.Mg/c1-10(2)13-8-7-9-14(11(3)4)15(13)12(5)6;/h7-8,10-12H,1-6H3;/q;+1. The van der Waals surface area contributed by atoms with Gasteiger partial charge in [0.2, 0.25) is 0 Å². The van der Waals surface area contributed by atoms with Gasteiger partial charge in [0.1, 0.15) is 0 Å². The molecule has 1 rings (SSSR count). The molecule has 0 bridgehead atoms. The summed E-state index contributed by atoms with van der Waals surface area (Å²) in [5.41, 5.74) is 4.71. The van der Waals surface area contributed by atoms with E-state index in [1.165, 1.54) is 9.26 Å². The van der Waals surface area contributed by atoms with E-state index in [0.717, 1.165) is 0 Å². The second-order valence-electron chi connectivity index (χ2n) is 5.61. The number of hydrogen-bond donors (Lipinski definition) is 0. The summed E-state index contributed by atoms with van der Waals surface area (Å²) in [7, 11) is 0. The fraction of sp³-hybridized carbons (Fsp3) is 0.600. The predicted molar refractivity (Wildman–Crippen MR) is 74.1 cm³/mol. The van der Waals surface area contributed by atoms with Gasteiger partial charge in [0.25, 0.3) is 0 Å². The second kappa shape index (κ2) is 5.55. The molecule has 0 atom stereocenters. The molecule has 0 amide bonds. The van der Waals surface area contributed by atoms with Gasteiger partial charge in [0.15, 0.2) is 0 Å². The van der Waals surface area contributed by atoms with Crippen molar-refractivity contribution in [2.75, 3.05) is 0 Å². The van der Waals surface area contributed by atoms with Crippen molar-refractivity contribution in [3.63, 3.8) is 0 Å². The zero-order valence-corrected chi connectivity index (χ0v) is 13.0. The molecular weight excluding hydrogens is 204 g/mol. The summed E-state index contributed by atoms with van der Waals surface area (Å²) in [5.74, 6) is 1.88. The summed E-state index contributed by atoms with van der Waals surface area (Å²) in [6.07, 6.45) is 0. The van der Waals surface area contributed by atoms with E-state index in [4.69, 9.17) is 0 Å². The Bertz CT molecular complexity index is 362. The monoisotopic (exact) mass is 227 g/mol. The molecule has 0 saturated heterocycles. The average molecular weight is 228 g/mol. The van der Waals surface area contributed by atoms with Crippen LogP contribution in [-0.4, -0.2) is 21.7 Å². The first-order valence-corrected chi connectivity index (χ1v) is 7.05. The van der Waals surface area contributed by atoms with Gasteiger partial charge in [-0.25, -0.2) is 0 Å². The summed E-state index contributed by atoms with van der Waals surface area (Å²) in [4.78, 5) is 0. The summed E-state index contributed by atoms with van der Waals surface area (Å²) in [6.45, 7) is 13.8. The molecule has 0 aliphatic heterocycles. The maximum absolute atomic E-state index is 2.33. The van der Waals surface area contributed by atoms with Crippen molar-refractivity contribution in [2.24, 2.45) is 0 Å². The van der Waals surface area contributed by atoms with Gasteiger partial charge in [-0.15, -0.1) is 0 Å². The third-order valence-corrected chi connectivity index (χ3v) is 3.80. The maximum atomic E-state index is 2.33. The summed E-state index contributed by atoms with van der Waals surface area (Å²) < 4.78 is 1.48. The number of hydrogen-bond acceptors (Lipinski definition) is 0. The van der Waals surface area contributed by atoms with Crippen LogP contribution >= 0.6 is 0 Å². The van der Waals surface area contributed by atoms with Crippen LogP contribution in [0.4, 0.5) is 0 Å². The van der Waals surface area contributed by atoms with Gasteiger partial charge >= 0.3 is 114 Å². The minimum atomic E-state index is 0.624. The average Bonchev–Trinajstić information content (AvgIpc) is 2.15. The van der Waals surface area contributed by atoms with Gasteiger partial charge in [0, 0.05) is 0 Å². The zero-order chi connectivity index (χ0) is 12.5. The Kier molecular flexibility index (Phi) is 4.87. The molecule has 0 saturated carbocycles. The Morgan fingerprint density at radius 3 is 1.62 bits per heavy atom. The van der Waals surface area contributed by atoms with Crippen LogP contribution in [0.3, 0.4) is 0 Å². The topological polar surface area (TPSA) is 0 Å². The van der Waals surface area contributed by atoms with Crippen LogP contribution in [0, 0.1) is 0 Å². The fourth-order valence-electron chi connectivity index (χ4n) is 2.53. The molecule has 0 heterocycles. The fourth-order valence-corrected chi connectivity index (χ4v) is 3.24. The molecule has 0 fully saturated rings. The number of benzene rings is 1. The Morgan fingerprint density at radius 1 is 0.750 bits per heavy atom. The van der Waals surface area contributed by atoms with E-state index in [0.29, 0.717) is 17.8 Å². The van der Waals surface area contributed by atoms with Crippen LogP contribution < -0.4 is 3.69 Å². The van der Waals surface area contributed by atoms with Gasteiger partial charge in [0.05, 0.1) is 0 Å². The normalized spacial score (nSPS) is 11.9. The van der Waals surface area contributed by atoms with Gasteiger partial charge in [-0.05, 0) is 0 Å². The quantitative estimate of drug-likeness (QED) is 0.688. The second-order valence-corrected chi connectivity index (χ2v) is 6.37. The van der Waals surface area contributed by atoms with E-state index in [9.17, 15) is 0 Å². The van der Waals surface area contributed by atoms with Gasteiger partial charge in [-0.1, -0.05) is 0 Å². The molecule has 16 heavy (non-hydrogen) atoms. The zero-order valence-electron chi connectivity index (χ0n) is 11.6. The van der Waals surface area contributed by atoms with Crippen molar-refractivity contribution in [2.45, 2.75) is 59.3 Å². The first-order valence-electron chi connectivity index (χ1n) is 6.34. The Morgan fingerprint density at radius 2 is 1.25 bits per heavy atom. The van der Waals surface area contributed by atoms with Crippen molar-refractivity contribution >= 4 is 25.4 Å². The van der Waals surface area contributed by atoms with E-state index >= 15 is 0 Å². The van der Waals surface area contributed by atoms with Crippen LogP contribution in [0.2, 0.25) is 0 Å². The van der Waals surface area contributed by atoms with E-state index in [-0.39, 0.29) is 0 Å². The van der Waals surface area contributed by atoms with Gasteiger partial charge in [-0.2, -0.15) is 0 Å². The molecule has 0 spiro atoms. The Balaban J connectivity index is 3.50. The van der Waals surface area contributed by atoms with Crippen LogP contribution in [0.25, 0.3) is 0 Å². The van der Waals surface area contributed by atoms with Gasteiger partial charge < -0.3 is 0 Å².